The second-order valence-corrected chi connectivity index (χ2v) is 8.26. The zero-order valence-electron chi connectivity index (χ0n) is 17.9. The Morgan fingerprint density at radius 2 is 1.50 bits per heavy atom. The molecule has 1 atom stereocenters. The van der Waals surface area contributed by atoms with Crippen molar-refractivity contribution in [3.8, 4) is 0 Å². The third kappa shape index (κ3) is 5.13. The number of hydrogen-bond donors (Lipinski definition) is 1. The average molecular weight is 481 g/mol. The van der Waals surface area contributed by atoms with E-state index in [1.807, 2.05) is 30.3 Å². The molecular formula is C27H20ClF3N2O. The summed E-state index contributed by atoms with van der Waals surface area (Å²) in [5.41, 5.74) is -0.348. The summed E-state index contributed by atoms with van der Waals surface area (Å²) in [4.78, 5) is 17.8. The van der Waals surface area contributed by atoms with Gasteiger partial charge < -0.3 is 5.32 Å². The van der Waals surface area contributed by atoms with Gasteiger partial charge in [-0.1, -0.05) is 60.1 Å². The molecule has 7 heteroatoms. The topological polar surface area (TPSA) is 42.0 Å². The van der Waals surface area contributed by atoms with E-state index in [0.29, 0.717) is 16.3 Å². The summed E-state index contributed by atoms with van der Waals surface area (Å²) in [5.74, 6) is -0.462. The molecule has 1 amide bonds. The van der Waals surface area contributed by atoms with Crippen molar-refractivity contribution in [1.82, 2.24) is 10.3 Å². The maximum Gasteiger partial charge on any atom is 0.416 e. The molecule has 172 valence electrons. The first-order valence-corrected chi connectivity index (χ1v) is 10.9. The molecule has 0 spiro atoms. The molecule has 4 rings (SSSR count). The number of amides is 1. The molecule has 0 saturated carbocycles. The van der Waals surface area contributed by atoms with Gasteiger partial charge in [0.15, 0.2) is 0 Å². The predicted octanol–water partition coefficient (Wildman–Crippen LogP) is 6.67. The first-order chi connectivity index (χ1) is 16.3. The molecule has 0 bridgehead atoms. The van der Waals surface area contributed by atoms with Crippen molar-refractivity contribution in [2.24, 2.45) is 0 Å². The number of nitrogens with one attached hydrogen (secondary N) is 1. The molecule has 0 aliphatic rings. The number of pyridine rings is 1. The lowest BCUT2D eigenvalue weighted by Gasteiger charge is -2.36. The van der Waals surface area contributed by atoms with Gasteiger partial charge in [-0.05, 0) is 59.7 Å². The Morgan fingerprint density at radius 3 is 2.15 bits per heavy atom. The second kappa shape index (κ2) is 9.69. The van der Waals surface area contributed by atoms with Gasteiger partial charge in [0.1, 0.15) is 5.54 Å². The molecule has 1 N–H and O–H groups in total. The van der Waals surface area contributed by atoms with Crippen LogP contribution in [-0.4, -0.2) is 10.9 Å². The number of nitrogens with zero attached hydrogens (tertiary/aromatic N) is 1. The van der Waals surface area contributed by atoms with Crippen LogP contribution in [0.25, 0.3) is 0 Å². The van der Waals surface area contributed by atoms with Crippen LogP contribution in [0.3, 0.4) is 0 Å². The number of rotatable bonds is 6. The molecule has 3 nitrogen and oxygen atoms in total. The van der Waals surface area contributed by atoms with Crippen molar-refractivity contribution < 1.29 is 18.0 Å². The molecule has 0 aliphatic heterocycles. The number of carbonyl (C=O) groups excluding carboxylic acids is 1. The number of alkyl halides is 3. The molecule has 0 saturated heterocycles. The number of halogens is 4. The summed E-state index contributed by atoms with van der Waals surface area (Å²) in [5, 5.41) is 3.48. The standard InChI is InChI=1S/C27H20ClF3N2O/c28-23-14-12-20(13-15-23)25(34)33-26(24-11-4-5-16-32-24,18-19-7-2-1-3-8-19)21-9-6-10-22(17-21)27(29,30)31/h1-17H,18H2,(H,33,34). The Kier molecular flexibility index (Phi) is 6.70. The number of benzene rings is 3. The third-order valence-corrected chi connectivity index (χ3v) is 5.78. The van der Waals surface area contributed by atoms with Crippen LogP contribution in [0, 0.1) is 0 Å². The van der Waals surface area contributed by atoms with E-state index >= 15 is 0 Å². The van der Waals surface area contributed by atoms with E-state index in [-0.39, 0.29) is 12.0 Å². The van der Waals surface area contributed by atoms with Crippen LogP contribution in [-0.2, 0) is 18.1 Å². The Morgan fingerprint density at radius 1 is 0.824 bits per heavy atom. The normalized spacial score (nSPS) is 13.2. The van der Waals surface area contributed by atoms with Crippen molar-refractivity contribution in [1.29, 1.82) is 0 Å². The van der Waals surface area contributed by atoms with Crippen LogP contribution in [0.5, 0.6) is 0 Å². The van der Waals surface area contributed by atoms with Crippen LogP contribution in [0.15, 0.2) is 103 Å². The van der Waals surface area contributed by atoms with Crippen LogP contribution in [0.1, 0.15) is 32.7 Å². The summed E-state index contributed by atoms with van der Waals surface area (Å²) >= 11 is 5.96. The Hall–Kier alpha value is -3.64. The van der Waals surface area contributed by atoms with E-state index in [2.05, 4.69) is 10.3 Å². The minimum atomic E-state index is -4.54. The lowest BCUT2D eigenvalue weighted by Crippen LogP contribution is -2.49. The van der Waals surface area contributed by atoms with Crippen molar-refractivity contribution in [2.75, 3.05) is 0 Å². The highest BCUT2D eigenvalue weighted by atomic mass is 35.5. The zero-order valence-corrected chi connectivity index (χ0v) is 18.6. The highest BCUT2D eigenvalue weighted by Gasteiger charge is 2.40. The molecule has 3 aromatic carbocycles. The first kappa shape index (κ1) is 23.5. The fraction of sp³-hybridized carbons (Fsp3) is 0.111. The Bertz CT molecular complexity index is 1260. The van der Waals surface area contributed by atoms with E-state index < -0.39 is 23.2 Å². The third-order valence-electron chi connectivity index (χ3n) is 5.53. The second-order valence-electron chi connectivity index (χ2n) is 7.82. The van der Waals surface area contributed by atoms with E-state index in [4.69, 9.17) is 11.6 Å². The molecule has 0 radical (unpaired) electrons. The van der Waals surface area contributed by atoms with E-state index in [0.717, 1.165) is 17.7 Å². The van der Waals surface area contributed by atoms with Gasteiger partial charge in [-0.25, -0.2) is 0 Å². The minimum absolute atomic E-state index is 0.186. The van der Waals surface area contributed by atoms with E-state index in [9.17, 15) is 18.0 Å². The first-order valence-electron chi connectivity index (χ1n) is 10.5. The van der Waals surface area contributed by atoms with Gasteiger partial charge in [0.05, 0.1) is 11.3 Å². The van der Waals surface area contributed by atoms with Crippen LogP contribution >= 0.6 is 11.6 Å². The molecule has 0 fully saturated rings. The summed E-state index contributed by atoms with van der Waals surface area (Å²) in [6.45, 7) is 0. The molecule has 1 aromatic heterocycles. The van der Waals surface area contributed by atoms with Crippen LogP contribution < -0.4 is 5.32 Å². The maximum absolute atomic E-state index is 13.6. The molecule has 0 aliphatic carbocycles. The van der Waals surface area contributed by atoms with Gasteiger partial charge in [0.25, 0.3) is 5.91 Å². The largest absolute Gasteiger partial charge is 0.416 e. The van der Waals surface area contributed by atoms with E-state index in [1.165, 1.54) is 6.07 Å². The number of carbonyl (C=O) groups is 1. The fourth-order valence-corrected chi connectivity index (χ4v) is 3.99. The minimum Gasteiger partial charge on any atom is -0.337 e. The molecule has 1 unspecified atom stereocenters. The molecule has 1 heterocycles. The van der Waals surface area contributed by atoms with Gasteiger partial charge in [-0.2, -0.15) is 13.2 Å². The molecule has 4 aromatic rings. The van der Waals surface area contributed by atoms with Crippen molar-refractivity contribution in [3.05, 3.63) is 136 Å². The monoisotopic (exact) mass is 480 g/mol. The quantitative estimate of drug-likeness (QED) is 0.335. The van der Waals surface area contributed by atoms with Gasteiger partial charge >= 0.3 is 6.18 Å². The predicted molar refractivity (Wildman–Crippen MR) is 126 cm³/mol. The SMILES string of the molecule is O=C(NC(Cc1ccccc1)(c1cccc(C(F)(F)F)c1)c1ccccn1)c1ccc(Cl)cc1. The van der Waals surface area contributed by atoms with E-state index in [1.54, 1.807) is 54.7 Å². The Balaban J connectivity index is 1.92. The van der Waals surface area contributed by atoms with Crippen molar-refractivity contribution in [3.63, 3.8) is 0 Å². The fourth-order valence-electron chi connectivity index (χ4n) is 3.87. The lowest BCUT2D eigenvalue weighted by atomic mass is 9.79. The average Bonchev–Trinajstić information content (AvgIpc) is 2.85. The van der Waals surface area contributed by atoms with Gasteiger partial charge in [0.2, 0.25) is 0 Å². The summed E-state index contributed by atoms with van der Waals surface area (Å²) in [6, 6.07) is 25.7. The van der Waals surface area contributed by atoms with Gasteiger partial charge in [-0.15, -0.1) is 0 Å². The smallest absolute Gasteiger partial charge is 0.337 e. The molecular weight excluding hydrogens is 461 g/mol. The summed E-state index contributed by atoms with van der Waals surface area (Å²) in [6.07, 6.45) is -2.80. The number of hydrogen-bond acceptors (Lipinski definition) is 2. The van der Waals surface area contributed by atoms with Gasteiger partial charge in [0, 0.05) is 23.2 Å². The van der Waals surface area contributed by atoms with Crippen LogP contribution in [0.4, 0.5) is 13.2 Å². The summed E-state index contributed by atoms with van der Waals surface area (Å²) in [7, 11) is 0. The maximum atomic E-state index is 13.6. The van der Waals surface area contributed by atoms with Crippen molar-refractivity contribution in [2.45, 2.75) is 18.1 Å². The highest BCUT2D eigenvalue weighted by molar-refractivity contribution is 6.30. The zero-order chi connectivity index (χ0) is 24.2. The Labute approximate surface area is 200 Å². The van der Waals surface area contributed by atoms with Crippen molar-refractivity contribution >= 4 is 17.5 Å². The van der Waals surface area contributed by atoms with Gasteiger partial charge in [-0.3, -0.25) is 9.78 Å². The number of aromatic nitrogens is 1. The highest BCUT2D eigenvalue weighted by Crippen LogP contribution is 2.37. The lowest BCUT2D eigenvalue weighted by molar-refractivity contribution is -0.137. The summed E-state index contributed by atoms with van der Waals surface area (Å²) < 4.78 is 40.9. The molecule has 34 heavy (non-hydrogen) atoms. The van der Waals surface area contributed by atoms with Crippen LogP contribution in [0.2, 0.25) is 5.02 Å².